The molecule has 8 nitrogen and oxygen atoms in total. The third-order valence-electron chi connectivity index (χ3n) is 6.27. The second-order valence-electron chi connectivity index (χ2n) is 8.78. The summed E-state index contributed by atoms with van der Waals surface area (Å²) < 4.78 is 17.4. The van der Waals surface area contributed by atoms with Gasteiger partial charge in [-0.2, -0.15) is 0 Å². The molecule has 2 aromatic rings. The first-order valence-corrected chi connectivity index (χ1v) is 11.5. The Morgan fingerprint density at radius 3 is 2.33 bits per heavy atom. The molecule has 0 unspecified atom stereocenters. The molecular formula is C25H32O8. The minimum absolute atomic E-state index is 0.298. The van der Waals surface area contributed by atoms with Gasteiger partial charge in [0.2, 0.25) is 6.29 Å². The number of hydrogen-bond acceptors (Lipinski definition) is 8. The molecule has 6 atom stereocenters. The number of hydrogen-bond donors (Lipinski definition) is 5. The Hall–Kier alpha value is -2.20. The van der Waals surface area contributed by atoms with Crippen molar-refractivity contribution in [2.75, 3.05) is 6.61 Å². The smallest absolute Gasteiger partial charge is 0.229 e. The lowest BCUT2D eigenvalue weighted by atomic mass is 9.99. The topological polar surface area (TPSA) is 129 Å². The van der Waals surface area contributed by atoms with Crippen LogP contribution in [0.3, 0.4) is 0 Å². The third kappa shape index (κ3) is 5.84. The van der Waals surface area contributed by atoms with E-state index in [1.807, 2.05) is 36.4 Å². The van der Waals surface area contributed by atoms with Gasteiger partial charge in [0, 0.05) is 0 Å². The second-order valence-corrected chi connectivity index (χ2v) is 8.78. The van der Waals surface area contributed by atoms with Crippen LogP contribution in [0.4, 0.5) is 0 Å². The van der Waals surface area contributed by atoms with E-state index in [1.165, 1.54) is 0 Å². The van der Waals surface area contributed by atoms with Crippen LogP contribution in [0.5, 0.6) is 17.2 Å². The maximum atomic E-state index is 10.3. The summed E-state index contributed by atoms with van der Waals surface area (Å²) in [5, 5.41) is 50.1. The van der Waals surface area contributed by atoms with Crippen molar-refractivity contribution < 1.29 is 39.7 Å². The summed E-state index contributed by atoms with van der Waals surface area (Å²) in [6.45, 7) is -0.534. The lowest BCUT2D eigenvalue weighted by Crippen LogP contribution is -2.60. The van der Waals surface area contributed by atoms with Crippen molar-refractivity contribution in [2.24, 2.45) is 0 Å². The van der Waals surface area contributed by atoms with E-state index in [4.69, 9.17) is 14.2 Å². The molecule has 0 aromatic heterocycles. The van der Waals surface area contributed by atoms with Crippen molar-refractivity contribution in [1.82, 2.24) is 0 Å². The molecule has 0 amide bonds. The van der Waals surface area contributed by atoms with Crippen LogP contribution < -0.4 is 9.47 Å². The van der Waals surface area contributed by atoms with E-state index in [9.17, 15) is 25.5 Å². The molecule has 3 heterocycles. The SMILES string of the molecule is OC[C@H]1O[C@H](Oc2ccc3cc2Oc2ccc(cc2)CC[C@@H](O)CCCC3)[C@H](O)[C@@H](O)[C@@H]1O. The molecule has 2 aromatic carbocycles. The quantitative estimate of drug-likeness (QED) is 0.468. The monoisotopic (exact) mass is 460 g/mol. The van der Waals surface area contributed by atoms with Gasteiger partial charge in [-0.25, -0.2) is 0 Å². The first kappa shape index (κ1) is 23.9. The number of aryl methyl sites for hydroxylation is 2. The number of aliphatic hydroxyl groups is 5. The van der Waals surface area contributed by atoms with Crippen molar-refractivity contribution >= 4 is 0 Å². The summed E-state index contributed by atoms with van der Waals surface area (Å²) in [7, 11) is 0. The fraction of sp³-hybridized carbons (Fsp3) is 0.520. The van der Waals surface area contributed by atoms with Crippen molar-refractivity contribution in [2.45, 2.75) is 75.3 Å². The zero-order valence-electron chi connectivity index (χ0n) is 18.4. The summed E-state index contributed by atoms with van der Waals surface area (Å²) in [6, 6.07) is 13.1. The zero-order chi connectivity index (χ0) is 23.4. The van der Waals surface area contributed by atoms with Crippen LogP contribution in [0.15, 0.2) is 42.5 Å². The molecule has 0 aliphatic carbocycles. The van der Waals surface area contributed by atoms with Gasteiger partial charge in [0.15, 0.2) is 11.5 Å². The molecule has 33 heavy (non-hydrogen) atoms. The molecule has 5 N–H and O–H groups in total. The van der Waals surface area contributed by atoms with Crippen LogP contribution in [0, 0.1) is 0 Å². The lowest BCUT2D eigenvalue weighted by molar-refractivity contribution is -0.277. The van der Waals surface area contributed by atoms with Gasteiger partial charge in [0.25, 0.3) is 0 Å². The Morgan fingerprint density at radius 2 is 1.58 bits per heavy atom. The molecule has 5 rings (SSSR count). The minimum Gasteiger partial charge on any atom is -0.458 e. The maximum Gasteiger partial charge on any atom is 0.229 e. The van der Waals surface area contributed by atoms with Crippen LogP contribution in [-0.2, 0) is 17.6 Å². The van der Waals surface area contributed by atoms with Gasteiger partial charge in [-0.15, -0.1) is 0 Å². The average Bonchev–Trinajstić information content (AvgIpc) is 2.83. The van der Waals surface area contributed by atoms with E-state index in [-0.39, 0.29) is 6.10 Å². The summed E-state index contributed by atoms with van der Waals surface area (Å²) in [5.74, 6) is 1.32. The number of aliphatic hydroxyl groups excluding tert-OH is 5. The molecule has 8 heteroatoms. The van der Waals surface area contributed by atoms with E-state index in [0.717, 1.165) is 49.7 Å². The standard InChI is InChI=1S/C25H32O8/c26-14-21-22(28)23(29)24(30)25(33-21)32-19-12-8-16-3-1-2-4-17(27)9-5-15-6-10-18(11-7-15)31-20(19)13-16/h6-8,10-13,17,21-30H,1-5,9,14H2/t17-,21+,22+,23-,24+,25-/m0/s1. The molecule has 1 saturated heterocycles. The Labute approximate surface area is 193 Å². The third-order valence-corrected chi connectivity index (χ3v) is 6.27. The first-order valence-electron chi connectivity index (χ1n) is 11.5. The first-order chi connectivity index (χ1) is 15.9. The van der Waals surface area contributed by atoms with Gasteiger partial charge in [-0.1, -0.05) is 24.6 Å². The largest absolute Gasteiger partial charge is 0.458 e. The Balaban J connectivity index is 1.59. The highest BCUT2D eigenvalue weighted by atomic mass is 16.7. The van der Waals surface area contributed by atoms with E-state index >= 15 is 0 Å². The van der Waals surface area contributed by atoms with E-state index in [2.05, 4.69) is 0 Å². The zero-order valence-corrected chi connectivity index (χ0v) is 18.4. The minimum atomic E-state index is -1.53. The molecule has 0 spiro atoms. The second kappa shape index (κ2) is 10.8. The number of benzene rings is 2. The van der Waals surface area contributed by atoms with Crippen LogP contribution in [0.2, 0.25) is 0 Å². The normalized spacial score (nSPS) is 30.7. The van der Waals surface area contributed by atoms with Crippen LogP contribution in [0.1, 0.15) is 36.8 Å². The van der Waals surface area contributed by atoms with Crippen molar-refractivity contribution in [3.8, 4) is 17.2 Å². The molecule has 0 radical (unpaired) electrons. The van der Waals surface area contributed by atoms with Crippen molar-refractivity contribution in [3.05, 3.63) is 53.6 Å². The van der Waals surface area contributed by atoms with Gasteiger partial charge in [-0.05, 0) is 67.5 Å². The Bertz CT molecular complexity index is 900. The molecule has 3 aliphatic rings. The van der Waals surface area contributed by atoms with Crippen molar-refractivity contribution in [1.29, 1.82) is 0 Å². The molecule has 4 bridgehead atoms. The van der Waals surface area contributed by atoms with E-state index < -0.39 is 37.3 Å². The fourth-order valence-corrected chi connectivity index (χ4v) is 4.21. The molecule has 180 valence electrons. The van der Waals surface area contributed by atoms with Crippen LogP contribution in [-0.4, -0.2) is 68.9 Å². The van der Waals surface area contributed by atoms with Gasteiger partial charge in [-0.3, -0.25) is 0 Å². The lowest BCUT2D eigenvalue weighted by Gasteiger charge is -2.39. The summed E-state index contributed by atoms with van der Waals surface area (Å²) >= 11 is 0. The maximum absolute atomic E-state index is 10.3. The predicted molar refractivity (Wildman–Crippen MR) is 119 cm³/mol. The van der Waals surface area contributed by atoms with Gasteiger partial charge in [0.1, 0.15) is 30.2 Å². The number of fused-ring (bicyclic) bond motifs is 8. The predicted octanol–water partition coefficient (Wildman–Crippen LogP) is 1.68. The molecule has 1 fully saturated rings. The highest BCUT2D eigenvalue weighted by molar-refractivity contribution is 5.46. The van der Waals surface area contributed by atoms with Gasteiger partial charge < -0.3 is 39.7 Å². The summed E-state index contributed by atoms with van der Waals surface area (Å²) in [6.07, 6.45) is -2.23. The number of ether oxygens (including phenoxy) is 3. The molecule has 3 aliphatic heterocycles. The van der Waals surface area contributed by atoms with Gasteiger partial charge >= 0.3 is 0 Å². The van der Waals surface area contributed by atoms with Gasteiger partial charge in [0.05, 0.1) is 12.7 Å². The average molecular weight is 461 g/mol. The highest BCUT2D eigenvalue weighted by Gasteiger charge is 2.45. The molecule has 0 saturated carbocycles. The Kier molecular flexibility index (Phi) is 7.85. The Morgan fingerprint density at radius 1 is 0.818 bits per heavy atom. The summed E-state index contributed by atoms with van der Waals surface area (Å²) in [5.41, 5.74) is 2.15. The highest BCUT2D eigenvalue weighted by Crippen LogP contribution is 2.36. The number of rotatable bonds is 3. The van der Waals surface area contributed by atoms with E-state index in [1.54, 1.807) is 6.07 Å². The molecular weight excluding hydrogens is 428 g/mol. The van der Waals surface area contributed by atoms with Crippen molar-refractivity contribution in [3.63, 3.8) is 0 Å². The van der Waals surface area contributed by atoms with E-state index in [0.29, 0.717) is 17.2 Å². The fourth-order valence-electron chi connectivity index (χ4n) is 4.21. The van der Waals surface area contributed by atoms with Crippen LogP contribution >= 0.6 is 0 Å². The van der Waals surface area contributed by atoms with Crippen LogP contribution in [0.25, 0.3) is 0 Å². The summed E-state index contributed by atoms with van der Waals surface area (Å²) in [4.78, 5) is 0.